The van der Waals surface area contributed by atoms with Crippen molar-refractivity contribution >= 4 is 41.5 Å². The number of carboxylic acid groups (broad SMARTS) is 2. The number of hydrogen-bond donors (Lipinski definition) is 9. The van der Waals surface area contributed by atoms with Gasteiger partial charge >= 0.3 is 11.9 Å². The molecule has 288 valence electrons. The fraction of sp³-hybridized carbons (Fsp3) is 0.794. The van der Waals surface area contributed by atoms with E-state index in [1.807, 2.05) is 20.8 Å². The maximum atomic E-state index is 13.8. The van der Waals surface area contributed by atoms with Crippen LogP contribution in [0, 0.1) is 23.7 Å². The summed E-state index contributed by atoms with van der Waals surface area (Å²) in [4.78, 5) is 90.4. The van der Waals surface area contributed by atoms with Gasteiger partial charge in [0.05, 0.1) is 6.04 Å². The predicted molar refractivity (Wildman–Crippen MR) is 188 cm³/mol. The fourth-order valence-corrected chi connectivity index (χ4v) is 5.00. The highest BCUT2D eigenvalue weighted by atomic mass is 16.4. The van der Waals surface area contributed by atoms with Gasteiger partial charge in [0.1, 0.15) is 30.2 Å². The molecule has 0 unspecified atom stereocenters. The van der Waals surface area contributed by atoms with E-state index in [0.29, 0.717) is 32.1 Å². The van der Waals surface area contributed by atoms with E-state index in [9.17, 15) is 43.8 Å². The summed E-state index contributed by atoms with van der Waals surface area (Å²) in [6, 6.07) is -6.86. The van der Waals surface area contributed by atoms with Crippen LogP contribution in [0.25, 0.3) is 0 Å². The Balaban J connectivity index is 6.27. The number of aliphatic carboxylic acids is 2. The minimum atomic E-state index is -1.30. The number of carbonyl (C=O) groups excluding carboxylic acids is 5. The SMILES string of the molecule is CC[C@H](C)[C@H](N)C(=O)N[C@@H](CCC(=O)O)C(=O)N[C@H](C(=O)N[C@H](C(=O)N[C@H](C(=O)N[C@@H](CCCN)C(=O)O)[C@@H](C)CC)[C@@H](C)CC)[C@@H](C)CC. The molecule has 0 aromatic carbocycles. The van der Waals surface area contributed by atoms with Crippen molar-refractivity contribution in [3.05, 3.63) is 0 Å². The lowest BCUT2D eigenvalue weighted by molar-refractivity contribution is -0.143. The van der Waals surface area contributed by atoms with Crippen LogP contribution in [0.5, 0.6) is 0 Å². The Morgan fingerprint density at radius 2 is 0.920 bits per heavy atom. The summed E-state index contributed by atoms with van der Waals surface area (Å²) in [5.41, 5.74) is 11.6. The highest BCUT2D eigenvalue weighted by Gasteiger charge is 2.37. The maximum Gasteiger partial charge on any atom is 0.326 e. The third-order valence-electron chi connectivity index (χ3n) is 9.53. The van der Waals surface area contributed by atoms with Crippen LogP contribution in [0.3, 0.4) is 0 Å². The molecule has 0 aliphatic carbocycles. The standard InChI is InChI=1S/C34H63N7O9/c1-9-18(5)25(36)30(45)37-22(15-16-24(42)43)29(44)39-27(20(7)11-3)32(47)41-28(21(8)12-4)33(48)40-26(19(6)10-2)31(46)38-23(34(49)50)14-13-17-35/h18-23,25-28H,9-17,35-36H2,1-8H3,(H,37,45)(H,38,46)(H,39,44)(H,40,48)(H,41,47)(H,42,43)(H,49,50)/t18-,19-,20-,21-,22-,23-,25-,26-,27-,28-/m0/s1. The Morgan fingerprint density at radius 1 is 0.540 bits per heavy atom. The molecular formula is C34H63N7O9. The molecule has 16 heteroatoms. The van der Waals surface area contributed by atoms with Crippen LogP contribution in [-0.2, 0) is 33.6 Å². The highest BCUT2D eigenvalue weighted by Crippen LogP contribution is 2.16. The van der Waals surface area contributed by atoms with Gasteiger partial charge in [-0.25, -0.2) is 4.79 Å². The third kappa shape index (κ3) is 15.4. The van der Waals surface area contributed by atoms with Gasteiger partial charge in [-0.05, 0) is 49.5 Å². The number of rotatable bonds is 25. The molecule has 16 nitrogen and oxygen atoms in total. The number of amides is 5. The second kappa shape index (κ2) is 23.6. The lowest BCUT2D eigenvalue weighted by Crippen LogP contribution is -2.62. The van der Waals surface area contributed by atoms with Crippen LogP contribution in [0.2, 0.25) is 0 Å². The van der Waals surface area contributed by atoms with E-state index in [0.717, 1.165) is 0 Å². The van der Waals surface area contributed by atoms with E-state index in [1.165, 1.54) is 0 Å². The second-order valence-corrected chi connectivity index (χ2v) is 13.4. The minimum Gasteiger partial charge on any atom is -0.481 e. The quantitative estimate of drug-likeness (QED) is 0.0632. The Morgan fingerprint density at radius 3 is 1.28 bits per heavy atom. The number of nitrogens with one attached hydrogen (secondary N) is 5. The van der Waals surface area contributed by atoms with Gasteiger partial charge in [0.25, 0.3) is 0 Å². The van der Waals surface area contributed by atoms with E-state index in [1.54, 1.807) is 34.6 Å². The van der Waals surface area contributed by atoms with Crippen molar-refractivity contribution in [2.24, 2.45) is 35.1 Å². The Bertz CT molecular complexity index is 1140. The summed E-state index contributed by atoms with van der Waals surface area (Å²) in [5.74, 6) is -7.32. The van der Waals surface area contributed by atoms with Crippen LogP contribution in [0.1, 0.15) is 107 Å². The minimum absolute atomic E-state index is 0.110. The number of hydrogen-bond acceptors (Lipinski definition) is 9. The van der Waals surface area contributed by atoms with Gasteiger partial charge in [-0.15, -0.1) is 0 Å². The molecule has 11 N–H and O–H groups in total. The molecule has 0 fully saturated rings. The summed E-state index contributed by atoms with van der Waals surface area (Å²) >= 11 is 0. The summed E-state index contributed by atoms with van der Waals surface area (Å²) in [6.07, 6.45) is 1.77. The van der Waals surface area contributed by atoms with E-state index in [4.69, 9.17) is 11.5 Å². The molecule has 10 atom stereocenters. The van der Waals surface area contributed by atoms with E-state index in [-0.39, 0.29) is 25.3 Å². The first-order valence-corrected chi connectivity index (χ1v) is 17.8. The summed E-state index contributed by atoms with van der Waals surface area (Å²) in [6.45, 7) is 14.5. The summed E-state index contributed by atoms with van der Waals surface area (Å²) < 4.78 is 0. The van der Waals surface area contributed by atoms with Crippen LogP contribution in [-0.4, -0.2) is 94.5 Å². The predicted octanol–water partition coefficient (Wildman–Crippen LogP) is 0.610. The molecule has 0 heterocycles. The Kier molecular flexibility index (Phi) is 21.8. The summed E-state index contributed by atoms with van der Waals surface area (Å²) in [5, 5.41) is 32.0. The largest absolute Gasteiger partial charge is 0.481 e. The monoisotopic (exact) mass is 713 g/mol. The van der Waals surface area contributed by atoms with Crippen molar-refractivity contribution in [3.63, 3.8) is 0 Å². The topological polar surface area (TPSA) is 272 Å². The van der Waals surface area contributed by atoms with Gasteiger partial charge in [0.15, 0.2) is 0 Å². The smallest absolute Gasteiger partial charge is 0.326 e. The molecule has 5 amide bonds. The number of nitrogens with two attached hydrogens (primary N) is 2. The van der Waals surface area contributed by atoms with Crippen molar-refractivity contribution in [2.45, 2.75) is 143 Å². The third-order valence-corrected chi connectivity index (χ3v) is 9.53. The molecular weight excluding hydrogens is 650 g/mol. The molecule has 0 bridgehead atoms. The van der Waals surface area contributed by atoms with Crippen LogP contribution in [0.15, 0.2) is 0 Å². The van der Waals surface area contributed by atoms with Gasteiger partial charge in [-0.1, -0.05) is 81.1 Å². The first kappa shape index (κ1) is 46.2. The maximum absolute atomic E-state index is 13.8. The highest BCUT2D eigenvalue weighted by molar-refractivity contribution is 5.96. The van der Waals surface area contributed by atoms with Crippen molar-refractivity contribution in [3.8, 4) is 0 Å². The lowest BCUT2D eigenvalue weighted by Gasteiger charge is -2.32. The average Bonchev–Trinajstić information content (AvgIpc) is 3.09. The van der Waals surface area contributed by atoms with Gasteiger partial charge in [0, 0.05) is 6.42 Å². The zero-order valence-electron chi connectivity index (χ0n) is 31.0. The van der Waals surface area contributed by atoms with Crippen molar-refractivity contribution in [2.75, 3.05) is 6.54 Å². The van der Waals surface area contributed by atoms with Gasteiger partial charge in [0.2, 0.25) is 29.5 Å². The Labute approximate surface area is 296 Å². The van der Waals surface area contributed by atoms with E-state index >= 15 is 0 Å². The number of carboxylic acids is 2. The zero-order valence-corrected chi connectivity index (χ0v) is 31.0. The average molecular weight is 714 g/mol. The van der Waals surface area contributed by atoms with Crippen molar-refractivity contribution in [1.82, 2.24) is 26.6 Å². The van der Waals surface area contributed by atoms with Gasteiger partial charge in [-0.3, -0.25) is 28.8 Å². The van der Waals surface area contributed by atoms with Crippen LogP contribution < -0.4 is 38.1 Å². The van der Waals surface area contributed by atoms with E-state index in [2.05, 4.69) is 26.6 Å². The van der Waals surface area contributed by atoms with Crippen molar-refractivity contribution in [1.29, 1.82) is 0 Å². The molecule has 0 aromatic heterocycles. The molecule has 0 aliphatic heterocycles. The normalized spacial score (nSPS) is 17.2. The fourth-order valence-electron chi connectivity index (χ4n) is 5.00. The van der Waals surface area contributed by atoms with Crippen LogP contribution in [0.4, 0.5) is 0 Å². The first-order chi connectivity index (χ1) is 23.4. The van der Waals surface area contributed by atoms with Crippen molar-refractivity contribution < 1.29 is 43.8 Å². The molecule has 0 saturated heterocycles. The van der Waals surface area contributed by atoms with Gasteiger partial charge in [-0.2, -0.15) is 0 Å². The molecule has 0 aliphatic rings. The molecule has 0 spiro atoms. The number of carbonyl (C=O) groups is 7. The van der Waals surface area contributed by atoms with Gasteiger partial charge < -0.3 is 48.3 Å². The van der Waals surface area contributed by atoms with Crippen LogP contribution >= 0.6 is 0 Å². The molecule has 0 rings (SSSR count). The molecule has 0 saturated carbocycles. The Hall–Kier alpha value is -3.79. The molecule has 0 aromatic rings. The lowest BCUT2D eigenvalue weighted by atomic mass is 9.93. The second-order valence-electron chi connectivity index (χ2n) is 13.4. The summed E-state index contributed by atoms with van der Waals surface area (Å²) in [7, 11) is 0. The first-order valence-electron chi connectivity index (χ1n) is 17.8. The zero-order chi connectivity index (χ0) is 38.7. The van der Waals surface area contributed by atoms with E-state index < -0.39 is 102 Å². The molecule has 50 heavy (non-hydrogen) atoms. The molecule has 0 radical (unpaired) electrons.